The second kappa shape index (κ2) is 7.10. The molecule has 0 saturated heterocycles. The van der Waals surface area contributed by atoms with Gasteiger partial charge in [-0.25, -0.2) is 4.98 Å². The lowest BCUT2D eigenvalue weighted by Gasteiger charge is -2.15. The summed E-state index contributed by atoms with van der Waals surface area (Å²) < 4.78 is 0. The van der Waals surface area contributed by atoms with E-state index in [0.29, 0.717) is 26.8 Å². The molecule has 0 bridgehead atoms. The first-order valence-electron chi connectivity index (χ1n) is 7.03. The van der Waals surface area contributed by atoms with E-state index in [2.05, 4.69) is 10.3 Å². The van der Waals surface area contributed by atoms with E-state index < -0.39 is 0 Å². The number of carbonyl (C=O) groups is 2. The van der Waals surface area contributed by atoms with Crippen molar-refractivity contribution in [2.75, 3.05) is 33.5 Å². The number of amides is 2. The van der Waals surface area contributed by atoms with Gasteiger partial charge in [0, 0.05) is 45.0 Å². The SMILES string of the molecule is CN(C)C(=O)c1cc(Nc2ncc(C#N)s2)cc(C(=O)N(C)C)c1. The van der Waals surface area contributed by atoms with Crippen LogP contribution in [-0.2, 0) is 0 Å². The molecule has 0 atom stereocenters. The minimum absolute atomic E-state index is 0.205. The zero-order valence-corrected chi connectivity index (χ0v) is 14.6. The normalized spacial score (nSPS) is 9.96. The van der Waals surface area contributed by atoms with Crippen LogP contribution in [0.5, 0.6) is 0 Å². The van der Waals surface area contributed by atoms with Crippen LogP contribution in [0.2, 0.25) is 0 Å². The van der Waals surface area contributed by atoms with Gasteiger partial charge in [-0.2, -0.15) is 5.26 Å². The molecule has 0 radical (unpaired) electrons. The number of hydrogen-bond acceptors (Lipinski definition) is 6. The Morgan fingerprint density at radius 2 is 1.62 bits per heavy atom. The van der Waals surface area contributed by atoms with Gasteiger partial charge in [0.25, 0.3) is 11.8 Å². The van der Waals surface area contributed by atoms with Crippen LogP contribution in [-0.4, -0.2) is 54.8 Å². The summed E-state index contributed by atoms with van der Waals surface area (Å²) in [7, 11) is 6.59. The van der Waals surface area contributed by atoms with Gasteiger partial charge in [0.1, 0.15) is 10.9 Å². The second-order valence-electron chi connectivity index (χ2n) is 5.46. The number of hydrogen-bond donors (Lipinski definition) is 1. The van der Waals surface area contributed by atoms with Crippen molar-refractivity contribution in [2.24, 2.45) is 0 Å². The van der Waals surface area contributed by atoms with Crippen LogP contribution < -0.4 is 5.32 Å². The van der Waals surface area contributed by atoms with Gasteiger partial charge in [0.05, 0.1) is 6.20 Å². The third-order valence-corrected chi connectivity index (χ3v) is 3.92. The molecule has 2 aromatic rings. The Morgan fingerprint density at radius 1 is 1.08 bits per heavy atom. The molecule has 0 saturated carbocycles. The third kappa shape index (κ3) is 3.88. The maximum Gasteiger partial charge on any atom is 0.253 e. The topological polar surface area (TPSA) is 89.3 Å². The van der Waals surface area contributed by atoms with Crippen molar-refractivity contribution < 1.29 is 9.59 Å². The summed E-state index contributed by atoms with van der Waals surface area (Å²) in [6, 6.07) is 6.89. The molecule has 0 aliphatic heterocycles. The number of nitriles is 1. The van der Waals surface area contributed by atoms with Gasteiger partial charge in [-0.1, -0.05) is 11.3 Å². The largest absolute Gasteiger partial charge is 0.345 e. The lowest BCUT2D eigenvalue weighted by atomic mass is 10.1. The first-order chi connectivity index (χ1) is 11.3. The number of anilines is 2. The van der Waals surface area contributed by atoms with E-state index >= 15 is 0 Å². The molecule has 0 aliphatic carbocycles. The standard InChI is InChI=1S/C16H17N5O2S/c1-20(2)14(22)10-5-11(15(23)21(3)4)7-12(6-10)19-16-18-9-13(8-17)24-16/h5-7,9H,1-4H3,(H,18,19). The van der Waals surface area contributed by atoms with Crippen molar-refractivity contribution in [3.63, 3.8) is 0 Å². The highest BCUT2D eigenvalue weighted by Gasteiger charge is 2.16. The van der Waals surface area contributed by atoms with Gasteiger partial charge >= 0.3 is 0 Å². The van der Waals surface area contributed by atoms with Crippen LogP contribution >= 0.6 is 11.3 Å². The zero-order valence-electron chi connectivity index (χ0n) is 13.8. The maximum absolute atomic E-state index is 12.3. The molecule has 2 rings (SSSR count). The minimum atomic E-state index is -0.205. The van der Waals surface area contributed by atoms with Crippen molar-refractivity contribution >= 4 is 34.0 Å². The summed E-state index contributed by atoms with van der Waals surface area (Å²) in [6.07, 6.45) is 1.47. The number of nitrogens with zero attached hydrogens (tertiary/aromatic N) is 4. The Morgan fingerprint density at radius 3 is 2.04 bits per heavy atom. The molecule has 24 heavy (non-hydrogen) atoms. The van der Waals surface area contributed by atoms with E-state index in [1.54, 1.807) is 46.4 Å². The fourth-order valence-electron chi connectivity index (χ4n) is 1.97. The number of rotatable bonds is 4. The third-order valence-electron chi connectivity index (χ3n) is 3.11. The monoisotopic (exact) mass is 343 g/mol. The molecular formula is C16H17N5O2S. The van der Waals surface area contributed by atoms with Gasteiger partial charge in [0.2, 0.25) is 0 Å². The average molecular weight is 343 g/mol. The van der Waals surface area contributed by atoms with Crippen molar-refractivity contribution in [1.82, 2.24) is 14.8 Å². The van der Waals surface area contributed by atoms with Crippen molar-refractivity contribution in [1.29, 1.82) is 5.26 Å². The van der Waals surface area contributed by atoms with Crippen LogP contribution in [0.3, 0.4) is 0 Å². The number of benzene rings is 1. The second-order valence-corrected chi connectivity index (χ2v) is 6.50. The highest BCUT2D eigenvalue weighted by molar-refractivity contribution is 7.16. The molecule has 0 fully saturated rings. The van der Waals surface area contributed by atoms with Gasteiger partial charge in [-0.3, -0.25) is 9.59 Å². The van der Waals surface area contributed by atoms with E-state index in [0.717, 1.165) is 0 Å². The molecule has 1 heterocycles. The lowest BCUT2D eigenvalue weighted by molar-refractivity contribution is 0.0826. The number of carbonyl (C=O) groups excluding carboxylic acids is 2. The molecule has 0 unspecified atom stereocenters. The summed E-state index contributed by atoms with van der Waals surface area (Å²) in [5.74, 6) is -0.411. The molecule has 1 aromatic heterocycles. The van der Waals surface area contributed by atoms with Crippen LogP contribution in [0.25, 0.3) is 0 Å². The van der Waals surface area contributed by atoms with E-state index in [9.17, 15) is 9.59 Å². The van der Waals surface area contributed by atoms with Crippen molar-refractivity contribution in [2.45, 2.75) is 0 Å². The summed E-state index contributed by atoms with van der Waals surface area (Å²) in [5, 5.41) is 12.4. The fraction of sp³-hybridized carbons (Fsp3) is 0.250. The maximum atomic E-state index is 12.3. The number of aromatic nitrogens is 1. The Bertz CT molecular complexity index is 782. The van der Waals surface area contributed by atoms with Crippen LogP contribution in [0.4, 0.5) is 10.8 Å². The summed E-state index contributed by atoms with van der Waals surface area (Å²) >= 11 is 1.19. The van der Waals surface area contributed by atoms with Gasteiger partial charge in [-0.05, 0) is 18.2 Å². The van der Waals surface area contributed by atoms with Crippen molar-refractivity contribution in [3.05, 3.63) is 40.4 Å². The Kier molecular flexibility index (Phi) is 5.16. The fourth-order valence-corrected chi connectivity index (χ4v) is 2.60. The average Bonchev–Trinajstić information content (AvgIpc) is 3.00. The van der Waals surface area contributed by atoms with E-state index in [4.69, 9.17) is 5.26 Å². The molecule has 1 aromatic carbocycles. The number of thiazole rings is 1. The summed E-state index contributed by atoms with van der Waals surface area (Å²) in [5.41, 5.74) is 1.35. The minimum Gasteiger partial charge on any atom is -0.345 e. The van der Waals surface area contributed by atoms with Crippen LogP contribution in [0, 0.1) is 11.3 Å². The zero-order chi connectivity index (χ0) is 17.9. The first kappa shape index (κ1) is 17.4. The summed E-state index contributed by atoms with van der Waals surface area (Å²) in [4.78, 5) is 32.0. The van der Waals surface area contributed by atoms with E-state index in [1.165, 1.54) is 27.3 Å². The van der Waals surface area contributed by atoms with Gasteiger partial charge in [-0.15, -0.1) is 0 Å². The smallest absolute Gasteiger partial charge is 0.253 e. The van der Waals surface area contributed by atoms with Crippen molar-refractivity contribution in [3.8, 4) is 6.07 Å². The molecule has 2 amide bonds. The van der Waals surface area contributed by atoms with E-state index in [-0.39, 0.29) is 11.8 Å². The Labute approximate surface area is 144 Å². The molecule has 0 spiro atoms. The predicted molar refractivity (Wildman–Crippen MR) is 92.6 cm³/mol. The quantitative estimate of drug-likeness (QED) is 0.919. The Balaban J connectivity index is 2.43. The van der Waals surface area contributed by atoms with Gasteiger partial charge < -0.3 is 15.1 Å². The lowest BCUT2D eigenvalue weighted by Crippen LogP contribution is -2.24. The highest BCUT2D eigenvalue weighted by atomic mass is 32.1. The van der Waals surface area contributed by atoms with Crippen LogP contribution in [0.15, 0.2) is 24.4 Å². The van der Waals surface area contributed by atoms with E-state index in [1.807, 2.05) is 6.07 Å². The Hall–Kier alpha value is -2.92. The molecule has 124 valence electrons. The summed E-state index contributed by atoms with van der Waals surface area (Å²) in [6.45, 7) is 0. The molecule has 8 heteroatoms. The molecule has 7 nitrogen and oxygen atoms in total. The first-order valence-corrected chi connectivity index (χ1v) is 7.85. The molecular weight excluding hydrogens is 326 g/mol. The molecule has 0 aliphatic rings. The number of nitrogens with one attached hydrogen (secondary N) is 1. The predicted octanol–water partition coefficient (Wildman–Crippen LogP) is 2.16. The van der Waals surface area contributed by atoms with Crippen LogP contribution in [0.1, 0.15) is 25.6 Å². The van der Waals surface area contributed by atoms with Gasteiger partial charge in [0.15, 0.2) is 5.13 Å². The highest BCUT2D eigenvalue weighted by Crippen LogP contribution is 2.24. The molecule has 1 N–H and O–H groups in total.